The molecule has 0 fully saturated rings. The third-order valence-corrected chi connectivity index (χ3v) is 14.0. The number of rotatable bonds is 17. The first kappa shape index (κ1) is 64.4. The van der Waals surface area contributed by atoms with E-state index in [1.165, 1.54) is 22.3 Å². The highest BCUT2D eigenvalue weighted by Gasteiger charge is 2.26. The summed E-state index contributed by atoms with van der Waals surface area (Å²) in [6.45, 7) is 31.1. The smallest absolute Gasteiger partial charge is 0.185 e. The van der Waals surface area contributed by atoms with Gasteiger partial charge in [-0.25, -0.2) is 16.8 Å². The second-order valence-electron chi connectivity index (χ2n) is 15.9. The Labute approximate surface area is 410 Å². The van der Waals surface area contributed by atoms with Gasteiger partial charge >= 0.3 is 0 Å². The summed E-state index contributed by atoms with van der Waals surface area (Å²) in [5.41, 5.74) is 10.3. The lowest BCUT2D eigenvalue weighted by Crippen LogP contribution is -2.20. The van der Waals surface area contributed by atoms with E-state index in [4.69, 9.17) is 9.47 Å². The SMILES string of the molecule is CC.CC.CC(C)=CCS(=O)(=O)c1ccccc1.CCOC.CCc1ccccc1.COc1c(C)c(C)c(C/C=C(\C)CC(/C=C(\C)CCC=C(C)C)S(=O)(=O)c2ccccc2)c(C)c1OC. The first-order valence-electron chi connectivity index (χ1n) is 23.7. The van der Waals surface area contributed by atoms with Gasteiger partial charge in [0, 0.05) is 13.7 Å². The van der Waals surface area contributed by atoms with Crippen molar-refractivity contribution < 1.29 is 31.0 Å². The molecule has 0 aliphatic rings. The Morgan fingerprint density at radius 2 is 1.03 bits per heavy atom. The van der Waals surface area contributed by atoms with E-state index in [1.54, 1.807) is 82.0 Å². The van der Waals surface area contributed by atoms with Crippen molar-refractivity contribution in [3.63, 3.8) is 0 Å². The predicted octanol–water partition coefficient (Wildman–Crippen LogP) is 15.4. The van der Waals surface area contributed by atoms with Gasteiger partial charge in [-0.2, -0.15) is 0 Å². The Morgan fingerprint density at radius 3 is 1.45 bits per heavy atom. The molecule has 67 heavy (non-hydrogen) atoms. The van der Waals surface area contributed by atoms with Crippen LogP contribution >= 0.6 is 0 Å². The van der Waals surface area contributed by atoms with Crippen molar-refractivity contribution in [1.82, 2.24) is 0 Å². The summed E-state index contributed by atoms with van der Waals surface area (Å²) in [5.74, 6) is 1.61. The quantitative estimate of drug-likeness (QED) is 0.0973. The van der Waals surface area contributed by atoms with E-state index in [0.717, 1.165) is 65.2 Å². The first-order valence-corrected chi connectivity index (χ1v) is 26.9. The van der Waals surface area contributed by atoms with E-state index in [9.17, 15) is 16.8 Å². The molecule has 1 atom stereocenters. The van der Waals surface area contributed by atoms with Gasteiger partial charge in [-0.15, -0.1) is 0 Å². The minimum Gasteiger partial charge on any atom is -0.493 e. The van der Waals surface area contributed by atoms with Crippen LogP contribution < -0.4 is 9.47 Å². The number of aryl methyl sites for hydroxylation is 1. The van der Waals surface area contributed by atoms with E-state index >= 15 is 0 Å². The zero-order valence-electron chi connectivity index (χ0n) is 44.7. The Kier molecular flexibility index (Phi) is 34.9. The zero-order chi connectivity index (χ0) is 51.6. The molecule has 9 heteroatoms. The molecular formula is C58H88O7S2. The number of ether oxygens (including phenoxy) is 3. The van der Waals surface area contributed by atoms with Crippen LogP contribution in [-0.4, -0.2) is 55.8 Å². The monoisotopic (exact) mass is 961 g/mol. The van der Waals surface area contributed by atoms with Gasteiger partial charge in [-0.1, -0.05) is 148 Å². The summed E-state index contributed by atoms with van der Waals surface area (Å²) in [7, 11) is -1.65. The summed E-state index contributed by atoms with van der Waals surface area (Å²) in [5, 5.41) is -0.618. The molecule has 0 saturated carbocycles. The van der Waals surface area contributed by atoms with Crippen molar-refractivity contribution in [1.29, 1.82) is 0 Å². The van der Waals surface area contributed by atoms with E-state index in [-0.39, 0.29) is 5.75 Å². The molecule has 0 aromatic heterocycles. The van der Waals surface area contributed by atoms with Gasteiger partial charge in [0.15, 0.2) is 31.2 Å². The van der Waals surface area contributed by atoms with E-state index in [1.807, 2.05) is 94.4 Å². The Bertz CT molecular complexity index is 2280. The van der Waals surface area contributed by atoms with Gasteiger partial charge in [-0.05, 0) is 153 Å². The maximum atomic E-state index is 13.7. The molecule has 0 N–H and O–H groups in total. The summed E-state index contributed by atoms with van der Waals surface area (Å²) < 4.78 is 66.5. The predicted molar refractivity (Wildman–Crippen MR) is 290 cm³/mol. The van der Waals surface area contributed by atoms with Crippen LogP contribution in [0.2, 0.25) is 0 Å². The topological polar surface area (TPSA) is 96.0 Å². The average Bonchev–Trinajstić information content (AvgIpc) is 3.34. The molecule has 4 aromatic carbocycles. The van der Waals surface area contributed by atoms with E-state index in [2.05, 4.69) is 68.8 Å². The summed E-state index contributed by atoms with van der Waals surface area (Å²) in [6.07, 6.45) is 12.1. The lowest BCUT2D eigenvalue weighted by atomic mass is 9.93. The van der Waals surface area contributed by atoms with Gasteiger partial charge in [-0.3, -0.25) is 0 Å². The molecule has 374 valence electrons. The highest BCUT2D eigenvalue weighted by molar-refractivity contribution is 7.92. The maximum Gasteiger partial charge on any atom is 0.185 e. The molecule has 4 aromatic rings. The molecule has 7 nitrogen and oxygen atoms in total. The molecule has 0 heterocycles. The largest absolute Gasteiger partial charge is 0.493 e. The summed E-state index contributed by atoms with van der Waals surface area (Å²) in [6, 6.07) is 27.7. The van der Waals surface area contributed by atoms with Crippen LogP contribution in [0.15, 0.2) is 147 Å². The van der Waals surface area contributed by atoms with Crippen LogP contribution in [0, 0.1) is 20.8 Å². The Hall–Kier alpha value is -4.70. The van der Waals surface area contributed by atoms with Gasteiger partial charge < -0.3 is 14.2 Å². The number of allylic oxidation sites excluding steroid dienone is 6. The second kappa shape index (κ2) is 36.4. The van der Waals surface area contributed by atoms with Crippen LogP contribution in [0.3, 0.4) is 0 Å². The highest BCUT2D eigenvalue weighted by Crippen LogP contribution is 2.39. The summed E-state index contributed by atoms with van der Waals surface area (Å²) >= 11 is 0. The lowest BCUT2D eigenvalue weighted by molar-refractivity contribution is 0.215. The third kappa shape index (κ3) is 24.8. The van der Waals surface area contributed by atoms with Gasteiger partial charge in [0.25, 0.3) is 0 Å². The van der Waals surface area contributed by atoms with Crippen molar-refractivity contribution >= 4 is 19.7 Å². The van der Waals surface area contributed by atoms with E-state index in [0.29, 0.717) is 22.6 Å². The third-order valence-electron chi connectivity index (χ3n) is 10.3. The molecule has 0 aliphatic carbocycles. The molecule has 1 unspecified atom stereocenters. The molecule has 0 aliphatic heterocycles. The first-order chi connectivity index (χ1) is 31.8. The highest BCUT2D eigenvalue weighted by atomic mass is 32.2. The minimum absolute atomic E-state index is 0.0827. The fourth-order valence-corrected chi connectivity index (χ4v) is 9.47. The zero-order valence-corrected chi connectivity index (χ0v) is 46.3. The molecular weight excluding hydrogens is 873 g/mol. The molecule has 0 saturated heterocycles. The minimum atomic E-state index is -3.53. The Morgan fingerprint density at radius 1 is 0.582 bits per heavy atom. The van der Waals surface area contributed by atoms with Crippen LogP contribution in [0.1, 0.15) is 130 Å². The number of hydrogen-bond donors (Lipinski definition) is 0. The molecule has 0 bridgehead atoms. The summed E-state index contributed by atoms with van der Waals surface area (Å²) in [4.78, 5) is 0.751. The number of sulfone groups is 2. The average molecular weight is 961 g/mol. The Balaban J connectivity index is 0. The number of hydrogen-bond acceptors (Lipinski definition) is 7. The van der Waals surface area contributed by atoms with Crippen LogP contribution in [-0.2, 0) is 37.3 Å². The van der Waals surface area contributed by atoms with E-state index < -0.39 is 24.9 Å². The molecule has 4 rings (SSSR count). The van der Waals surface area contributed by atoms with Crippen LogP contribution in [0.4, 0.5) is 0 Å². The normalized spacial score (nSPS) is 11.4. The number of benzene rings is 4. The fourth-order valence-electron chi connectivity index (χ4n) is 6.38. The van der Waals surface area contributed by atoms with Crippen LogP contribution in [0.25, 0.3) is 0 Å². The fraction of sp³-hybridized carbons (Fsp3) is 0.448. The van der Waals surface area contributed by atoms with Crippen molar-refractivity contribution in [3.8, 4) is 11.5 Å². The van der Waals surface area contributed by atoms with Crippen molar-refractivity contribution in [2.75, 3.05) is 33.7 Å². The molecule has 0 radical (unpaired) electrons. The lowest BCUT2D eigenvalue weighted by Gasteiger charge is -2.20. The van der Waals surface area contributed by atoms with Crippen molar-refractivity contribution in [2.24, 2.45) is 0 Å². The van der Waals surface area contributed by atoms with Crippen molar-refractivity contribution in [3.05, 3.63) is 165 Å². The van der Waals surface area contributed by atoms with Gasteiger partial charge in [0.05, 0.1) is 35.0 Å². The molecule has 0 spiro atoms. The van der Waals surface area contributed by atoms with Crippen LogP contribution in [0.5, 0.6) is 11.5 Å². The van der Waals surface area contributed by atoms with Crippen molar-refractivity contribution in [2.45, 2.75) is 151 Å². The maximum absolute atomic E-state index is 13.7. The standard InChI is InChI=1S/C32H44O4S.C11H14O2S.C8H10.C3H8O.2C2H6/c1-22(2)14-13-15-23(3)20-29(37(33,34)28-16-11-10-12-17-28)21-24(4)18-19-30-25(5)26(6)31(35-8)32(36-9)27(30)7;1-10(2)8-9-14(12,13)11-6-4-3-5-7-11;1-2-8-6-4-3-5-7-8;1-3-4-2;2*1-2/h10-12,14,16-18,20,29H,13,15,19,21H2,1-9H3;3-8H,9H2,1-2H3;3-7H,2H2,1H3;3H2,1-2H3;2*1-2H3/b23-20+,24-18+;;;;;. The van der Waals surface area contributed by atoms with Gasteiger partial charge in [0.1, 0.15) is 0 Å². The number of methoxy groups -OCH3 is 3. The molecule has 0 amide bonds. The second-order valence-corrected chi connectivity index (χ2v) is 20.1. The van der Waals surface area contributed by atoms with Gasteiger partial charge in [0.2, 0.25) is 0 Å².